The van der Waals surface area contributed by atoms with E-state index in [0.29, 0.717) is 12.1 Å². The minimum Gasteiger partial charge on any atom is -0.461 e. The molecular formula is C19H21ClF3NO2. The maximum atomic E-state index is 13.0. The lowest BCUT2D eigenvalue weighted by molar-refractivity contribution is -0.138. The second kappa shape index (κ2) is 10.2. The summed E-state index contributed by atoms with van der Waals surface area (Å²) >= 11 is 0. The number of alkyl halides is 3. The Morgan fingerprint density at radius 1 is 1.08 bits per heavy atom. The van der Waals surface area contributed by atoms with Gasteiger partial charge in [-0.15, -0.1) is 12.4 Å². The maximum absolute atomic E-state index is 13.0. The number of benzene rings is 2. The number of hydrogen-bond donors (Lipinski definition) is 1. The Bertz CT molecular complexity index is 693. The molecule has 0 spiro atoms. The maximum Gasteiger partial charge on any atom is 0.416 e. The van der Waals surface area contributed by atoms with Crippen molar-refractivity contribution in [3.05, 3.63) is 71.3 Å². The molecule has 0 amide bonds. The summed E-state index contributed by atoms with van der Waals surface area (Å²) in [6.45, 7) is 2.32. The minimum atomic E-state index is -4.36. The van der Waals surface area contributed by atoms with E-state index in [1.165, 1.54) is 12.1 Å². The van der Waals surface area contributed by atoms with Crippen molar-refractivity contribution in [1.82, 2.24) is 5.32 Å². The van der Waals surface area contributed by atoms with Crippen molar-refractivity contribution in [1.29, 1.82) is 0 Å². The lowest BCUT2D eigenvalue weighted by Crippen LogP contribution is -2.32. The first-order valence-electron chi connectivity index (χ1n) is 7.98. The molecule has 1 unspecified atom stereocenters. The number of rotatable bonds is 7. The van der Waals surface area contributed by atoms with Crippen LogP contribution in [0.5, 0.6) is 0 Å². The molecule has 1 atom stereocenters. The van der Waals surface area contributed by atoms with E-state index in [-0.39, 0.29) is 37.0 Å². The molecule has 0 heterocycles. The van der Waals surface area contributed by atoms with Crippen molar-refractivity contribution in [3.63, 3.8) is 0 Å². The number of nitrogens with one attached hydrogen (secondary N) is 1. The summed E-state index contributed by atoms with van der Waals surface area (Å²) in [7, 11) is 0. The molecule has 26 heavy (non-hydrogen) atoms. The van der Waals surface area contributed by atoms with Crippen LogP contribution in [0.15, 0.2) is 54.6 Å². The molecule has 7 heteroatoms. The second-order valence-electron chi connectivity index (χ2n) is 5.72. The molecule has 0 saturated heterocycles. The van der Waals surface area contributed by atoms with Crippen LogP contribution in [0, 0.1) is 0 Å². The van der Waals surface area contributed by atoms with Crippen molar-refractivity contribution < 1.29 is 22.7 Å². The van der Waals surface area contributed by atoms with Crippen LogP contribution in [0.4, 0.5) is 13.2 Å². The third kappa shape index (κ3) is 6.69. The second-order valence-corrected chi connectivity index (χ2v) is 5.72. The van der Waals surface area contributed by atoms with Gasteiger partial charge in [-0.25, -0.2) is 4.79 Å². The Balaban J connectivity index is 0.00000338. The largest absolute Gasteiger partial charge is 0.461 e. The standard InChI is InChI=1S/C19H20F3NO2.ClH/c1-14(13-16-9-5-6-10-17(16)19(20,21)22)23-11-12-25-18(24)15-7-3-2-4-8-15;/h2-10,14,23H,11-13H2,1H3;1H. The zero-order valence-corrected chi connectivity index (χ0v) is 15.1. The van der Waals surface area contributed by atoms with Gasteiger partial charge in [0.25, 0.3) is 0 Å². The summed E-state index contributed by atoms with van der Waals surface area (Å²) < 4.78 is 44.1. The van der Waals surface area contributed by atoms with Crippen molar-refractivity contribution in [2.75, 3.05) is 13.2 Å². The molecule has 2 aromatic carbocycles. The van der Waals surface area contributed by atoms with Crippen LogP contribution in [0.25, 0.3) is 0 Å². The molecule has 0 aliphatic carbocycles. The Kier molecular flexibility index (Phi) is 8.61. The van der Waals surface area contributed by atoms with Crippen molar-refractivity contribution in [3.8, 4) is 0 Å². The molecule has 2 aromatic rings. The summed E-state index contributed by atoms with van der Waals surface area (Å²) in [4.78, 5) is 11.8. The van der Waals surface area contributed by atoms with E-state index in [9.17, 15) is 18.0 Å². The van der Waals surface area contributed by atoms with Gasteiger partial charge >= 0.3 is 12.1 Å². The van der Waals surface area contributed by atoms with Gasteiger partial charge in [0.15, 0.2) is 0 Å². The topological polar surface area (TPSA) is 38.3 Å². The van der Waals surface area contributed by atoms with Crippen LogP contribution in [0.1, 0.15) is 28.4 Å². The summed E-state index contributed by atoms with van der Waals surface area (Å²) in [6, 6.07) is 14.0. The van der Waals surface area contributed by atoms with Gasteiger partial charge in [-0.2, -0.15) is 13.2 Å². The fourth-order valence-corrected chi connectivity index (χ4v) is 2.48. The number of hydrogen-bond acceptors (Lipinski definition) is 3. The van der Waals surface area contributed by atoms with Crippen LogP contribution in [-0.4, -0.2) is 25.2 Å². The lowest BCUT2D eigenvalue weighted by Gasteiger charge is -2.17. The van der Waals surface area contributed by atoms with Gasteiger partial charge in [-0.3, -0.25) is 0 Å². The highest BCUT2D eigenvalue weighted by Gasteiger charge is 2.32. The van der Waals surface area contributed by atoms with Gasteiger partial charge in [0.05, 0.1) is 11.1 Å². The van der Waals surface area contributed by atoms with Gasteiger partial charge in [0.1, 0.15) is 6.61 Å². The Labute approximate surface area is 157 Å². The molecule has 3 nitrogen and oxygen atoms in total. The zero-order chi connectivity index (χ0) is 18.3. The van der Waals surface area contributed by atoms with Crippen molar-refractivity contribution in [2.24, 2.45) is 0 Å². The van der Waals surface area contributed by atoms with E-state index in [1.807, 2.05) is 0 Å². The van der Waals surface area contributed by atoms with Crippen LogP contribution >= 0.6 is 12.4 Å². The predicted molar refractivity (Wildman–Crippen MR) is 96.6 cm³/mol. The van der Waals surface area contributed by atoms with Gasteiger partial charge in [0, 0.05) is 12.6 Å². The molecule has 0 radical (unpaired) electrons. The van der Waals surface area contributed by atoms with Gasteiger partial charge in [-0.05, 0) is 37.1 Å². The molecule has 0 aliphatic heterocycles. The van der Waals surface area contributed by atoms with E-state index >= 15 is 0 Å². The quantitative estimate of drug-likeness (QED) is 0.561. The average molecular weight is 388 g/mol. The first-order valence-corrected chi connectivity index (χ1v) is 7.98. The first-order chi connectivity index (χ1) is 11.9. The van der Waals surface area contributed by atoms with E-state index < -0.39 is 17.7 Å². The Morgan fingerprint density at radius 3 is 2.35 bits per heavy atom. The third-order valence-electron chi connectivity index (χ3n) is 3.69. The fraction of sp³-hybridized carbons (Fsp3) is 0.316. The van der Waals surface area contributed by atoms with E-state index in [1.54, 1.807) is 43.3 Å². The Morgan fingerprint density at radius 2 is 1.69 bits per heavy atom. The number of esters is 1. The number of ether oxygens (including phenoxy) is 1. The summed E-state index contributed by atoms with van der Waals surface area (Å²) in [5, 5.41) is 3.07. The average Bonchev–Trinajstić information content (AvgIpc) is 2.59. The van der Waals surface area contributed by atoms with Crippen LogP contribution in [0.2, 0.25) is 0 Å². The number of halogens is 4. The van der Waals surface area contributed by atoms with Gasteiger partial charge in [-0.1, -0.05) is 36.4 Å². The zero-order valence-electron chi connectivity index (χ0n) is 14.3. The molecular weight excluding hydrogens is 367 g/mol. The predicted octanol–water partition coefficient (Wildman–Crippen LogP) is 4.50. The lowest BCUT2D eigenvalue weighted by atomic mass is 10.0. The number of carbonyl (C=O) groups excluding carboxylic acids is 1. The third-order valence-corrected chi connectivity index (χ3v) is 3.69. The molecule has 0 fully saturated rings. The summed E-state index contributed by atoms with van der Waals surface area (Å²) in [5.74, 6) is -0.419. The van der Waals surface area contributed by atoms with E-state index in [2.05, 4.69) is 5.32 Å². The molecule has 0 saturated carbocycles. The van der Waals surface area contributed by atoms with Crippen LogP contribution < -0.4 is 5.32 Å². The fourth-order valence-electron chi connectivity index (χ4n) is 2.48. The molecule has 0 aliphatic rings. The van der Waals surface area contributed by atoms with Gasteiger partial charge in [0.2, 0.25) is 0 Å². The minimum absolute atomic E-state index is 0. The van der Waals surface area contributed by atoms with E-state index in [4.69, 9.17) is 4.74 Å². The van der Waals surface area contributed by atoms with E-state index in [0.717, 1.165) is 6.07 Å². The van der Waals surface area contributed by atoms with Crippen molar-refractivity contribution in [2.45, 2.75) is 25.6 Å². The van der Waals surface area contributed by atoms with Crippen LogP contribution in [0.3, 0.4) is 0 Å². The SMILES string of the molecule is CC(Cc1ccccc1C(F)(F)F)NCCOC(=O)c1ccccc1.Cl. The highest BCUT2D eigenvalue weighted by Crippen LogP contribution is 2.32. The first kappa shape index (κ1) is 22.0. The highest BCUT2D eigenvalue weighted by atomic mass is 35.5. The smallest absolute Gasteiger partial charge is 0.416 e. The summed E-state index contributed by atoms with van der Waals surface area (Å²) in [5.41, 5.74) is 0.102. The van der Waals surface area contributed by atoms with Gasteiger partial charge < -0.3 is 10.1 Å². The molecule has 0 aromatic heterocycles. The highest BCUT2D eigenvalue weighted by molar-refractivity contribution is 5.89. The van der Waals surface area contributed by atoms with Crippen LogP contribution in [-0.2, 0) is 17.3 Å². The Hall–Kier alpha value is -2.05. The molecule has 142 valence electrons. The number of carbonyl (C=O) groups is 1. The summed E-state index contributed by atoms with van der Waals surface area (Å²) in [6.07, 6.45) is -4.12. The normalized spacial score (nSPS) is 12.2. The monoisotopic (exact) mass is 387 g/mol. The molecule has 1 N–H and O–H groups in total. The molecule has 0 bridgehead atoms. The molecule has 2 rings (SSSR count). The van der Waals surface area contributed by atoms with Crippen molar-refractivity contribution >= 4 is 18.4 Å².